The van der Waals surface area contributed by atoms with Gasteiger partial charge in [-0.25, -0.2) is 9.78 Å². The number of carbonyl (C=O) groups is 1. The van der Waals surface area contributed by atoms with Crippen LogP contribution >= 0.6 is 0 Å². The van der Waals surface area contributed by atoms with Gasteiger partial charge in [-0.15, -0.1) is 0 Å². The van der Waals surface area contributed by atoms with Crippen LogP contribution in [0.5, 0.6) is 5.75 Å². The Morgan fingerprint density at radius 1 is 1.57 bits per heavy atom. The van der Waals surface area contributed by atoms with E-state index in [-0.39, 0.29) is 11.8 Å². The molecule has 0 bridgehead atoms. The van der Waals surface area contributed by atoms with Crippen molar-refractivity contribution in [1.29, 1.82) is 0 Å². The number of amides is 1. The van der Waals surface area contributed by atoms with Crippen molar-refractivity contribution >= 4 is 11.9 Å². The molecule has 1 aliphatic rings. The molecule has 21 heavy (non-hydrogen) atoms. The number of hydrogen-bond donors (Lipinski definition) is 2. The van der Waals surface area contributed by atoms with Crippen LogP contribution in [0, 0.1) is 0 Å². The van der Waals surface area contributed by atoms with Crippen molar-refractivity contribution in [3.8, 4) is 5.75 Å². The van der Waals surface area contributed by atoms with E-state index >= 15 is 0 Å². The molecule has 2 rings (SSSR count). The zero-order valence-corrected chi connectivity index (χ0v) is 12.8. The number of nitrogens with one attached hydrogen (secondary N) is 1. The predicted octanol–water partition coefficient (Wildman–Crippen LogP) is 2.28. The summed E-state index contributed by atoms with van der Waals surface area (Å²) in [6, 6.07) is 3.44. The van der Waals surface area contributed by atoms with Crippen LogP contribution < -0.4 is 10.2 Å². The van der Waals surface area contributed by atoms with Crippen LogP contribution in [0.1, 0.15) is 33.6 Å². The van der Waals surface area contributed by atoms with E-state index in [4.69, 9.17) is 4.74 Å². The molecule has 116 valence electrons. The van der Waals surface area contributed by atoms with E-state index in [1.54, 1.807) is 18.3 Å². The molecule has 2 N–H and O–H groups in total. The van der Waals surface area contributed by atoms with Gasteiger partial charge in [0.2, 0.25) is 0 Å². The molecule has 0 saturated carbocycles. The Kier molecular flexibility index (Phi) is 4.55. The zero-order valence-electron chi connectivity index (χ0n) is 12.8. The molecule has 6 heteroatoms. The second-order valence-electron chi connectivity index (χ2n) is 6.22. The topological polar surface area (TPSA) is 74.7 Å². The summed E-state index contributed by atoms with van der Waals surface area (Å²) < 4.78 is 5.23. The molecule has 1 fully saturated rings. The number of aromatic hydroxyl groups is 1. The van der Waals surface area contributed by atoms with E-state index in [9.17, 15) is 9.90 Å². The average Bonchev–Trinajstić information content (AvgIpc) is 2.83. The second-order valence-corrected chi connectivity index (χ2v) is 6.22. The van der Waals surface area contributed by atoms with Gasteiger partial charge in [0.05, 0.1) is 0 Å². The van der Waals surface area contributed by atoms with Gasteiger partial charge in [-0.05, 0) is 45.7 Å². The SMILES string of the molecule is CC(C)(C)OC(=O)NCC1CCCN1c1ncccc1O. The van der Waals surface area contributed by atoms with Gasteiger partial charge in [-0.1, -0.05) is 0 Å². The van der Waals surface area contributed by atoms with Crippen molar-refractivity contribution in [2.75, 3.05) is 18.0 Å². The molecule has 1 atom stereocenters. The summed E-state index contributed by atoms with van der Waals surface area (Å²) in [5.74, 6) is 0.743. The number of rotatable bonds is 3. The minimum Gasteiger partial charge on any atom is -0.504 e. The third-order valence-electron chi connectivity index (χ3n) is 3.30. The summed E-state index contributed by atoms with van der Waals surface area (Å²) in [6.45, 7) is 6.80. The molecule has 1 amide bonds. The Balaban J connectivity index is 1.94. The molecule has 0 spiro atoms. The van der Waals surface area contributed by atoms with Gasteiger partial charge in [0.1, 0.15) is 5.60 Å². The van der Waals surface area contributed by atoms with Crippen molar-refractivity contribution in [2.45, 2.75) is 45.3 Å². The first kappa shape index (κ1) is 15.4. The smallest absolute Gasteiger partial charge is 0.407 e. The summed E-state index contributed by atoms with van der Waals surface area (Å²) in [5, 5.41) is 12.7. The van der Waals surface area contributed by atoms with E-state index in [0.717, 1.165) is 19.4 Å². The number of alkyl carbamates (subject to hydrolysis) is 1. The van der Waals surface area contributed by atoms with Gasteiger partial charge in [0.25, 0.3) is 0 Å². The standard InChI is InChI=1S/C15H23N3O3/c1-15(2,3)21-14(20)17-10-11-6-5-9-18(11)13-12(19)7-4-8-16-13/h4,7-8,11,19H,5-6,9-10H2,1-3H3,(H,17,20). The van der Waals surface area contributed by atoms with Crippen molar-refractivity contribution in [3.63, 3.8) is 0 Å². The first-order valence-corrected chi connectivity index (χ1v) is 7.24. The average molecular weight is 293 g/mol. The Morgan fingerprint density at radius 3 is 3.00 bits per heavy atom. The molecule has 1 aromatic heterocycles. The van der Waals surface area contributed by atoms with Crippen LogP contribution in [0.4, 0.5) is 10.6 Å². The van der Waals surface area contributed by atoms with Crippen LogP contribution in [0.2, 0.25) is 0 Å². The number of ether oxygens (including phenoxy) is 1. The highest BCUT2D eigenvalue weighted by molar-refractivity contribution is 5.67. The fourth-order valence-electron chi connectivity index (χ4n) is 2.45. The molecule has 1 unspecified atom stereocenters. The van der Waals surface area contributed by atoms with Crippen LogP contribution in [0.25, 0.3) is 0 Å². The van der Waals surface area contributed by atoms with Gasteiger partial charge in [0.15, 0.2) is 11.6 Å². The van der Waals surface area contributed by atoms with Crippen LogP contribution in [-0.2, 0) is 4.74 Å². The number of nitrogens with zero attached hydrogens (tertiary/aromatic N) is 2. The Hall–Kier alpha value is -1.98. The summed E-state index contributed by atoms with van der Waals surface area (Å²) in [4.78, 5) is 18.0. The zero-order chi connectivity index (χ0) is 15.5. The van der Waals surface area contributed by atoms with Crippen molar-refractivity contribution in [1.82, 2.24) is 10.3 Å². The molecule has 0 aromatic carbocycles. The lowest BCUT2D eigenvalue weighted by molar-refractivity contribution is 0.0525. The van der Waals surface area contributed by atoms with Gasteiger partial charge >= 0.3 is 6.09 Å². The Morgan fingerprint density at radius 2 is 2.33 bits per heavy atom. The van der Waals surface area contributed by atoms with Crippen molar-refractivity contribution in [2.24, 2.45) is 0 Å². The highest BCUT2D eigenvalue weighted by atomic mass is 16.6. The minimum absolute atomic E-state index is 0.123. The lowest BCUT2D eigenvalue weighted by Crippen LogP contribution is -2.42. The number of aromatic nitrogens is 1. The molecular weight excluding hydrogens is 270 g/mol. The number of pyridine rings is 1. The van der Waals surface area contributed by atoms with E-state index in [0.29, 0.717) is 12.4 Å². The number of carbonyl (C=O) groups excluding carboxylic acids is 1. The normalized spacial score (nSPS) is 18.6. The van der Waals surface area contributed by atoms with E-state index in [1.807, 2.05) is 25.7 Å². The molecule has 1 aliphatic heterocycles. The molecule has 1 saturated heterocycles. The van der Waals surface area contributed by atoms with Crippen LogP contribution in [-0.4, -0.2) is 40.9 Å². The molecule has 0 radical (unpaired) electrons. The molecular formula is C15H23N3O3. The lowest BCUT2D eigenvalue weighted by atomic mass is 10.2. The monoisotopic (exact) mass is 293 g/mol. The van der Waals surface area contributed by atoms with Gasteiger partial charge in [0, 0.05) is 25.3 Å². The first-order chi connectivity index (χ1) is 9.87. The maximum Gasteiger partial charge on any atom is 0.407 e. The largest absolute Gasteiger partial charge is 0.504 e. The summed E-state index contributed by atoms with van der Waals surface area (Å²) in [7, 11) is 0. The first-order valence-electron chi connectivity index (χ1n) is 7.24. The van der Waals surface area contributed by atoms with E-state index in [2.05, 4.69) is 10.3 Å². The summed E-state index contributed by atoms with van der Waals surface area (Å²) in [6.07, 6.45) is 3.20. The lowest BCUT2D eigenvalue weighted by Gasteiger charge is -2.27. The van der Waals surface area contributed by atoms with Gasteiger partial charge in [-0.3, -0.25) is 0 Å². The highest BCUT2D eigenvalue weighted by Crippen LogP contribution is 2.30. The quantitative estimate of drug-likeness (QED) is 0.894. The van der Waals surface area contributed by atoms with Crippen molar-refractivity contribution < 1.29 is 14.6 Å². The van der Waals surface area contributed by atoms with Crippen LogP contribution in [0.3, 0.4) is 0 Å². The third kappa shape index (κ3) is 4.24. The fourth-order valence-corrected chi connectivity index (χ4v) is 2.45. The minimum atomic E-state index is -0.501. The Labute approximate surface area is 125 Å². The van der Waals surface area contributed by atoms with Crippen LogP contribution in [0.15, 0.2) is 18.3 Å². The summed E-state index contributed by atoms with van der Waals surface area (Å²) >= 11 is 0. The maximum atomic E-state index is 11.7. The number of anilines is 1. The summed E-state index contributed by atoms with van der Waals surface area (Å²) in [5.41, 5.74) is -0.501. The fraction of sp³-hybridized carbons (Fsp3) is 0.600. The maximum absolute atomic E-state index is 11.7. The highest BCUT2D eigenvalue weighted by Gasteiger charge is 2.28. The Bertz CT molecular complexity index is 499. The third-order valence-corrected chi connectivity index (χ3v) is 3.30. The van der Waals surface area contributed by atoms with E-state index < -0.39 is 11.7 Å². The molecule has 1 aromatic rings. The molecule has 0 aliphatic carbocycles. The predicted molar refractivity (Wildman–Crippen MR) is 80.5 cm³/mol. The van der Waals surface area contributed by atoms with Gasteiger partial charge in [-0.2, -0.15) is 0 Å². The second kappa shape index (κ2) is 6.20. The van der Waals surface area contributed by atoms with Gasteiger partial charge < -0.3 is 20.1 Å². The van der Waals surface area contributed by atoms with E-state index in [1.165, 1.54) is 0 Å². The molecule has 2 heterocycles. The molecule has 6 nitrogen and oxygen atoms in total. The number of hydrogen-bond acceptors (Lipinski definition) is 5. The van der Waals surface area contributed by atoms with Crippen molar-refractivity contribution in [3.05, 3.63) is 18.3 Å².